The van der Waals surface area contributed by atoms with Gasteiger partial charge < -0.3 is 19.9 Å². The number of nitrogens with one attached hydrogen (secondary N) is 2. The number of carbonyl (C=O) groups is 2. The molecule has 0 saturated carbocycles. The number of hydrogen-bond acceptors (Lipinski definition) is 4. The maximum atomic E-state index is 12.9. The van der Waals surface area contributed by atoms with Crippen molar-refractivity contribution in [2.75, 3.05) is 11.9 Å². The van der Waals surface area contributed by atoms with E-state index in [0.29, 0.717) is 30.0 Å². The number of aromatic amines is 1. The van der Waals surface area contributed by atoms with E-state index in [2.05, 4.69) is 10.3 Å². The molecule has 0 aliphatic rings. The first-order chi connectivity index (χ1) is 15.6. The Hall–Kier alpha value is -3.81. The van der Waals surface area contributed by atoms with Crippen molar-refractivity contribution in [3.05, 3.63) is 82.0 Å². The van der Waals surface area contributed by atoms with Crippen LogP contribution in [0.25, 0.3) is 5.69 Å². The lowest BCUT2D eigenvalue weighted by molar-refractivity contribution is 0.0245. The van der Waals surface area contributed by atoms with Crippen LogP contribution in [0.1, 0.15) is 49.3 Å². The fourth-order valence-corrected chi connectivity index (χ4v) is 3.35. The zero-order valence-corrected chi connectivity index (χ0v) is 19.6. The monoisotopic (exact) mass is 450 g/mol. The van der Waals surface area contributed by atoms with Crippen molar-refractivity contribution in [2.45, 2.75) is 46.8 Å². The number of para-hydroxylation sites is 1. The van der Waals surface area contributed by atoms with Gasteiger partial charge in [-0.25, -0.2) is 9.59 Å². The minimum atomic E-state index is -0.589. The second kappa shape index (κ2) is 9.77. The minimum Gasteiger partial charge on any atom is -0.444 e. The highest BCUT2D eigenvalue weighted by Crippen LogP contribution is 2.20. The molecular weight excluding hydrogens is 420 g/mol. The third kappa shape index (κ3) is 5.91. The van der Waals surface area contributed by atoms with Crippen LogP contribution in [0, 0.1) is 6.92 Å². The Bertz CT molecular complexity index is 1190. The van der Waals surface area contributed by atoms with Crippen LogP contribution in [0.5, 0.6) is 0 Å². The van der Waals surface area contributed by atoms with E-state index in [1.54, 1.807) is 41.4 Å². The molecule has 174 valence electrons. The van der Waals surface area contributed by atoms with Crippen LogP contribution in [-0.4, -0.2) is 38.6 Å². The smallest absolute Gasteiger partial charge is 0.410 e. The number of aromatic nitrogens is 2. The second-order valence-electron chi connectivity index (χ2n) is 8.72. The normalized spacial score (nSPS) is 11.2. The zero-order valence-electron chi connectivity index (χ0n) is 19.6. The summed E-state index contributed by atoms with van der Waals surface area (Å²) in [5, 5.41) is 2.93. The van der Waals surface area contributed by atoms with Crippen molar-refractivity contribution in [2.24, 2.45) is 0 Å². The molecule has 0 spiro atoms. The number of ether oxygens (including phenoxy) is 1. The molecule has 0 bridgehead atoms. The van der Waals surface area contributed by atoms with Crippen LogP contribution in [0.2, 0.25) is 0 Å². The van der Waals surface area contributed by atoms with Crippen LogP contribution < -0.4 is 11.0 Å². The summed E-state index contributed by atoms with van der Waals surface area (Å²) in [6.07, 6.45) is 1.23. The van der Waals surface area contributed by atoms with Crippen LogP contribution in [0.15, 0.2) is 59.5 Å². The van der Waals surface area contributed by atoms with Crippen LogP contribution in [0.3, 0.4) is 0 Å². The molecule has 3 aromatic rings. The molecule has 8 heteroatoms. The van der Waals surface area contributed by atoms with Crippen molar-refractivity contribution in [3.63, 3.8) is 0 Å². The number of rotatable bonds is 6. The summed E-state index contributed by atoms with van der Waals surface area (Å²) >= 11 is 0. The molecule has 3 rings (SSSR count). The Morgan fingerprint density at radius 1 is 1.09 bits per heavy atom. The highest BCUT2D eigenvalue weighted by molar-refractivity contribution is 6.04. The molecule has 0 atom stereocenters. The Morgan fingerprint density at radius 3 is 2.33 bits per heavy atom. The SMILES string of the molecule is CCN(Cc1ccccc1NC(=O)c1ccc(-n2c(C)c[nH]c2=O)cc1)C(=O)OC(C)(C)C. The second-order valence-corrected chi connectivity index (χ2v) is 8.72. The minimum absolute atomic E-state index is 0.232. The molecule has 2 N–H and O–H groups in total. The maximum Gasteiger partial charge on any atom is 0.410 e. The highest BCUT2D eigenvalue weighted by atomic mass is 16.6. The Kier molecular flexibility index (Phi) is 7.06. The number of imidazole rings is 1. The lowest BCUT2D eigenvalue weighted by Crippen LogP contribution is -2.36. The molecule has 8 nitrogen and oxygen atoms in total. The van der Waals surface area contributed by atoms with E-state index in [4.69, 9.17) is 4.74 Å². The molecule has 0 unspecified atom stereocenters. The van der Waals surface area contributed by atoms with E-state index in [9.17, 15) is 14.4 Å². The van der Waals surface area contributed by atoms with Crippen molar-refractivity contribution < 1.29 is 14.3 Å². The van der Waals surface area contributed by atoms with Gasteiger partial charge in [-0.2, -0.15) is 0 Å². The van der Waals surface area contributed by atoms with E-state index < -0.39 is 11.7 Å². The number of amides is 2. The molecule has 2 amide bonds. The van der Waals surface area contributed by atoms with Crippen molar-refractivity contribution >= 4 is 17.7 Å². The molecular formula is C25H30N4O4. The van der Waals surface area contributed by atoms with E-state index in [-0.39, 0.29) is 11.6 Å². The first-order valence-electron chi connectivity index (χ1n) is 10.8. The Balaban J connectivity index is 1.76. The molecule has 2 aromatic carbocycles. The van der Waals surface area contributed by atoms with Gasteiger partial charge in [0, 0.05) is 29.7 Å². The molecule has 1 heterocycles. The fourth-order valence-electron chi connectivity index (χ4n) is 3.35. The lowest BCUT2D eigenvalue weighted by Gasteiger charge is -2.27. The van der Waals surface area contributed by atoms with Crippen molar-refractivity contribution in [1.82, 2.24) is 14.5 Å². The average molecular weight is 451 g/mol. The van der Waals surface area contributed by atoms with Gasteiger partial charge in [-0.3, -0.25) is 9.36 Å². The van der Waals surface area contributed by atoms with E-state index in [0.717, 1.165) is 11.3 Å². The van der Waals surface area contributed by atoms with Crippen molar-refractivity contribution in [3.8, 4) is 5.69 Å². The van der Waals surface area contributed by atoms with Crippen LogP contribution in [0.4, 0.5) is 10.5 Å². The number of carbonyl (C=O) groups excluding carboxylic acids is 2. The molecule has 0 saturated heterocycles. The summed E-state index contributed by atoms with van der Waals surface area (Å²) in [7, 11) is 0. The van der Waals surface area contributed by atoms with Gasteiger partial charge in [0.2, 0.25) is 0 Å². The largest absolute Gasteiger partial charge is 0.444 e. The first-order valence-corrected chi connectivity index (χ1v) is 10.8. The number of H-pyrrole nitrogens is 1. The summed E-state index contributed by atoms with van der Waals surface area (Å²) in [5.74, 6) is -0.285. The number of hydrogen-bond donors (Lipinski definition) is 2. The van der Waals surface area contributed by atoms with Gasteiger partial charge in [0.05, 0.1) is 12.2 Å². The molecule has 33 heavy (non-hydrogen) atoms. The standard InChI is InChI=1S/C25H30N4O4/c1-6-28(24(32)33-25(3,4)5)16-19-9-7-8-10-21(19)27-22(30)18-11-13-20(14-12-18)29-17(2)15-26-23(29)31/h7-15H,6,16H2,1-5H3,(H,26,31)(H,27,30). The molecule has 0 aliphatic carbocycles. The van der Waals surface area contributed by atoms with E-state index in [1.807, 2.05) is 52.8 Å². The quantitative estimate of drug-likeness (QED) is 0.579. The number of benzene rings is 2. The highest BCUT2D eigenvalue weighted by Gasteiger charge is 2.22. The number of anilines is 1. The van der Waals surface area contributed by atoms with Gasteiger partial charge in [-0.1, -0.05) is 18.2 Å². The average Bonchev–Trinajstić information content (AvgIpc) is 3.09. The number of aryl methyl sites for hydroxylation is 1. The molecule has 0 aliphatic heterocycles. The molecule has 0 radical (unpaired) electrons. The third-order valence-electron chi connectivity index (χ3n) is 5.01. The predicted octanol–water partition coefficient (Wildman–Crippen LogP) is 4.48. The molecule has 1 aromatic heterocycles. The topological polar surface area (TPSA) is 96.4 Å². The van der Waals surface area contributed by atoms with Gasteiger partial charge in [0.25, 0.3) is 5.91 Å². The van der Waals surface area contributed by atoms with Gasteiger partial charge in [0.1, 0.15) is 5.60 Å². The summed E-state index contributed by atoms with van der Waals surface area (Å²) in [6.45, 7) is 9.95. The van der Waals surface area contributed by atoms with Crippen LogP contribution >= 0.6 is 0 Å². The van der Waals surface area contributed by atoms with Gasteiger partial charge in [-0.15, -0.1) is 0 Å². The zero-order chi connectivity index (χ0) is 24.2. The van der Waals surface area contributed by atoms with Gasteiger partial charge in [0.15, 0.2) is 0 Å². The summed E-state index contributed by atoms with van der Waals surface area (Å²) in [5.41, 5.74) is 2.49. The van der Waals surface area contributed by atoms with Gasteiger partial charge in [-0.05, 0) is 70.5 Å². The number of nitrogens with zero attached hydrogens (tertiary/aromatic N) is 2. The molecule has 0 fully saturated rings. The van der Waals surface area contributed by atoms with Gasteiger partial charge >= 0.3 is 11.8 Å². The summed E-state index contributed by atoms with van der Waals surface area (Å²) in [6, 6.07) is 14.2. The summed E-state index contributed by atoms with van der Waals surface area (Å²) in [4.78, 5) is 41.6. The maximum absolute atomic E-state index is 12.9. The third-order valence-corrected chi connectivity index (χ3v) is 5.01. The van der Waals surface area contributed by atoms with Crippen molar-refractivity contribution in [1.29, 1.82) is 0 Å². The first kappa shape index (κ1) is 23.8. The Morgan fingerprint density at radius 2 is 1.76 bits per heavy atom. The predicted molar refractivity (Wildman–Crippen MR) is 128 cm³/mol. The van der Waals surface area contributed by atoms with E-state index in [1.165, 1.54) is 4.57 Å². The fraction of sp³-hybridized carbons (Fsp3) is 0.320. The van der Waals surface area contributed by atoms with Crippen LogP contribution in [-0.2, 0) is 11.3 Å². The lowest BCUT2D eigenvalue weighted by atomic mass is 10.1. The summed E-state index contributed by atoms with van der Waals surface area (Å²) < 4.78 is 7.02. The Labute approximate surface area is 193 Å². The van der Waals surface area contributed by atoms with E-state index >= 15 is 0 Å².